The number of hydrogen-bond donors (Lipinski definition) is 2. The number of aromatic nitrogens is 2. The average Bonchev–Trinajstić information content (AvgIpc) is 3.01. The molecule has 1 aromatic carbocycles. The third-order valence-electron chi connectivity index (χ3n) is 5.04. The summed E-state index contributed by atoms with van der Waals surface area (Å²) in [6, 6.07) is 7.66. The highest BCUT2D eigenvalue weighted by molar-refractivity contribution is 5.95. The van der Waals surface area contributed by atoms with E-state index in [9.17, 15) is 9.90 Å². The molecule has 2 N–H and O–H groups in total. The molecule has 0 spiro atoms. The van der Waals surface area contributed by atoms with E-state index in [1.54, 1.807) is 6.20 Å². The molecule has 1 atom stereocenters. The number of aliphatic hydroxyl groups excluding tert-OH is 1. The van der Waals surface area contributed by atoms with Crippen molar-refractivity contribution in [2.45, 2.75) is 39.3 Å². The first-order valence-corrected chi connectivity index (χ1v) is 9.17. The van der Waals surface area contributed by atoms with Crippen molar-refractivity contribution in [2.24, 2.45) is 5.92 Å². The lowest BCUT2D eigenvalue weighted by Gasteiger charge is -2.22. The van der Waals surface area contributed by atoms with Crippen LogP contribution in [-0.4, -0.2) is 40.6 Å². The molecule has 1 aliphatic heterocycles. The van der Waals surface area contributed by atoms with Gasteiger partial charge in [0.2, 0.25) is 0 Å². The van der Waals surface area contributed by atoms with Crippen LogP contribution in [0.2, 0.25) is 0 Å². The summed E-state index contributed by atoms with van der Waals surface area (Å²) in [7, 11) is 0. The van der Waals surface area contributed by atoms with Gasteiger partial charge in [0.1, 0.15) is 0 Å². The Morgan fingerprint density at radius 1 is 1.31 bits per heavy atom. The second-order valence-electron chi connectivity index (χ2n) is 7.02. The maximum Gasteiger partial charge on any atom is 0.254 e. The van der Waals surface area contributed by atoms with E-state index in [1.807, 2.05) is 42.8 Å². The fourth-order valence-electron chi connectivity index (χ4n) is 3.22. The van der Waals surface area contributed by atoms with Gasteiger partial charge in [-0.2, -0.15) is 5.10 Å². The predicted molar refractivity (Wildman–Crippen MR) is 99.0 cm³/mol. The van der Waals surface area contributed by atoms with Crippen LogP contribution in [0.25, 0.3) is 0 Å². The molecule has 1 aromatic heterocycles. The lowest BCUT2D eigenvalue weighted by atomic mass is 10.0. The second kappa shape index (κ2) is 8.47. The Morgan fingerprint density at radius 2 is 2.00 bits per heavy atom. The largest absolute Gasteiger partial charge is 0.387 e. The Bertz CT molecular complexity index is 733. The third kappa shape index (κ3) is 4.51. The Morgan fingerprint density at radius 3 is 2.69 bits per heavy atom. The van der Waals surface area contributed by atoms with Gasteiger partial charge in [-0.25, -0.2) is 0 Å². The molecule has 0 radical (unpaired) electrons. The van der Waals surface area contributed by atoms with Gasteiger partial charge in [0.05, 0.1) is 17.9 Å². The van der Waals surface area contributed by atoms with Crippen molar-refractivity contribution in [3.05, 3.63) is 52.8 Å². The SMILES string of the molecule is Cc1ccc([C@H](O)CNC(=O)c2cnn(CC3CCOCC3)c2C)cc1. The van der Waals surface area contributed by atoms with Crippen molar-refractivity contribution in [3.63, 3.8) is 0 Å². The summed E-state index contributed by atoms with van der Waals surface area (Å²) in [5, 5.41) is 17.4. The fourth-order valence-corrected chi connectivity index (χ4v) is 3.22. The van der Waals surface area contributed by atoms with E-state index in [0.717, 1.165) is 49.4 Å². The van der Waals surface area contributed by atoms with Crippen LogP contribution in [0.4, 0.5) is 0 Å². The summed E-state index contributed by atoms with van der Waals surface area (Å²) in [5.74, 6) is 0.341. The summed E-state index contributed by atoms with van der Waals surface area (Å²) in [5.41, 5.74) is 3.35. The summed E-state index contributed by atoms with van der Waals surface area (Å²) in [4.78, 5) is 12.5. The van der Waals surface area contributed by atoms with Gasteiger partial charge < -0.3 is 15.2 Å². The summed E-state index contributed by atoms with van der Waals surface area (Å²) >= 11 is 0. The van der Waals surface area contributed by atoms with Crippen LogP contribution in [0.15, 0.2) is 30.5 Å². The molecule has 26 heavy (non-hydrogen) atoms. The minimum Gasteiger partial charge on any atom is -0.387 e. The van der Waals surface area contributed by atoms with E-state index >= 15 is 0 Å². The van der Waals surface area contributed by atoms with Gasteiger partial charge in [-0.05, 0) is 38.2 Å². The standard InChI is InChI=1S/C20H27N3O3/c1-14-3-5-17(6-4-14)19(24)12-21-20(25)18-11-22-23(15(18)2)13-16-7-9-26-10-8-16/h3-6,11,16,19,24H,7-10,12-13H2,1-2H3,(H,21,25)/t19-/m1/s1. The Hall–Kier alpha value is -2.18. The van der Waals surface area contributed by atoms with E-state index in [-0.39, 0.29) is 12.5 Å². The van der Waals surface area contributed by atoms with E-state index in [4.69, 9.17) is 4.74 Å². The normalized spacial score (nSPS) is 16.4. The number of ether oxygens (including phenoxy) is 1. The smallest absolute Gasteiger partial charge is 0.254 e. The van der Waals surface area contributed by atoms with Gasteiger partial charge in [0, 0.05) is 32.0 Å². The summed E-state index contributed by atoms with van der Waals surface area (Å²) in [6.45, 7) is 6.50. The molecule has 0 bridgehead atoms. The molecule has 6 heteroatoms. The number of hydrogen-bond acceptors (Lipinski definition) is 4. The quantitative estimate of drug-likeness (QED) is 0.832. The van der Waals surface area contributed by atoms with Crippen LogP contribution < -0.4 is 5.32 Å². The maximum absolute atomic E-state index is 12.5. The van der Waals surface area contributed by atoms with Crippen LogP contribution >= 0.6 is 0 Å². The van der Waals surface area contributed by atoms with E-state index in [0.29, 0.717) is 11.5 Å². The second-order valence-corrected chi connectivity index (χ2v) is 7.02. The molecule has 3 rings (SSSR count). The molecule has 2 heterocycles. The highest BCUT2D eigenvalue weighted by Crippen LogP contribution is 2.19. The first kappa shape index (κ1) is 18.6. The van der Waals surface area contributed by atoms with Gasteiger partial charge in [-0.3, -0.25) is 9.48 Å². The number of carbonyl (C=O) groups is 1. The number of aryl methyl sites for hydroxylation is 1. The molecule has 2 aromatic rings. The Labute approximate surface area is 154 Å². The van der Waals surface area contributed by atoms with Gasteiger partial charge in [-0.1, -0.05) is 29.8 Å². The van der Waals surface area contributed by atoms with Crippen molar-refractivity contribution in [3.8, 4) is 0 Å². The molecule has 0 saturated carbocycles. The average molecular weight is 357 g/mol. The minimum atomic E-state index is -0.725. The van der Waals surface area contributed by atoms with Gasteiger partial charge in [-0.15, -0.1) is 0 Å². The van der Waals surface area contributed by atoms with Crippen LogP contribution in [-0.2, 0) is 11.3 Å². The van der Waals surface area contributed by atoms with Crippen LogP contribution in [0.1, 0.15) is 46.1 Å². The van der Waals surface area contributed by atoms with Crippen molar-refractivity contribution < 1.29 is 14.6 Å². The van der Waals surface area contributed by atoms with Gasteiger partial charge in [0.25, 0.3) is 5.91 Å². The van der Waals surface area contributed by atoms with Crippen LogP contribution in [0, 0.1) is 19.8 Å². The molecule has 0 aliphatic carbocycles. The molecule has 1 saturated heterocycles. The number of rotatable bonds is 6. The molecule has 140 valence electrons. The van der Waals surface area contributed by atoms with Gasteiger partial charge >= 0.3 is 0 Å². The van der Waals surface area contributed by atoms with Crippen LogP contribution in [0.5, 0.6) is 0 Å². The maximum atomic E-state index is 12.5. The highest BCUT2D eigenvalue weighted by Gasteiger charge is 2.19. The number of nitrogens with zero attached hydrogens (tertiary/aromatic N) is 2. The number of aliphatic hydroxyl groups is 1. The topological polar surface area (TPSA) is 76.4 Å². The molecule has 6 nitrogen and oxygen atoms in total. The minimum absolute atomic E-state index is 0.173. The van der Waals surface area contributed by atoms with E-state index in [1.165, 1.54) is 0 Å². The lowest BCUT2D eigenvalue weighted by molar-refractivity contribution is 0.0599. The molecule has 1 fully saturated rings. The number of nitrogens with one attached hydrogen (secondary N) is 1. The highest BCUT2D eigenvalue weighted by atomic mass is 16.5. The lowest BCUT2D eigenvalue weighted by Crippen LogP contribution is -2.29. The number of benzene rings is 1. The van der Waals surface area contributed by atoms with Gasteiger partial charge in [0.15, 0.2) is 0 Å². The van der Waals surface area contributed by atoms with E-state index in [2.05, 4.69) is 10.4 Å². The first-order valence-electron chi connectivity index (χ1n) is 9.17. The number of carbonyl (C=O) groups excluding carboxylic acids is 1. The third-order valence-corrected chi connectivity index (χ3v) is 5.04. The van der Waals surface area contributed by atoms with Crippen molar-refractivity contribution in [1.82, 2.24) is 15.1 Å². The zero-order chi connectivity index (χ0) is 18.5. The first-order chi connectivity index (χ1) is 12.5. The fraction of sp³-hybridized carbons (Fsp3) is 0.500. The Balaban J connectivity index is 1.56. The predicted octanol–water partition coefficient (Wildman–Crippen LogP) is 2.39. The molecular formula is C20H27N3O3. The van der Waals surface area contributed by atoms with E-state index < -0.39 is 6.10 Å². The Kier molecular flexibility index (Phi) is 6.06. The molecule has 1 amide bonds. The zero-order valence-corrected chi connectivity index (χ0v) is 15.4. The zero-order valence-electron chi connectivity index (χ0n) is 15.4. The molecular weight excluding hydrogens is 330 g/mol. The van der Waals surface area contributed by atoms with Crippen molar-refractivity contribution in [1.29, 1.82) is 0 Å². The molecule has 1 aliphatic rings. The number of amides is 1. The van der Waals surface area contributed by atoms with Crippen molar-refractivity contribution in [2.75, 3.05) is 19.8 Å². The van der Waals surface area contributed by atoms with Crippen LogP contribution in [0.3, 0.4) is 0 Å². The summed E-state index contributed by atoms with van der Waals surface area (Å²) < 4.78 is 7.29. The molecule has 0 unspecified atom stereocenters. The summed E-state index contributed by atoms with van der Waals surface area (Å²) in [6.07, 6.45) is 2.95. The monoisotopic (exact) mass is 357 g/mol. The van der Waals surface area contributed by atoms with Crippen molar-refractivity contribution >= 4 is 5.91 Å².